The molecule has 0 saturated carbocycles. The molecule has 0 heterocycles. The van der Waals surface area contributed by atoms with E-state index in [-0.39, 0.29) is 6.04 Å². The summed E-state index contributed by atoms with van der Waals surface area (Å²) >= 11 is 0. The van der Waals surface area contributed by atoms with Crippen LogP contribution in [0.1, 0.15) is 25.5 Å². The van der Waals surface area contributed by atoms with Crippen LogP contribution >= 0.6 is 0 Å². The van der Waals surface area contributed by atoms with Crippen molar-refractivity contribution in [1.29, 1.82) is 0 Å². The maximum Gasteiger partial charge on any atom is 0.244 e. The third-order valence-electron chi connectivity index (χ3n) is 4.06. The van der Waals surface area contributed by atoms with Crippen LogP contribution in [0.15, 0.2) is 54.6 Å². The Labute approximate surface area is 154 Å². The van der Waals surface area contributed by atoms with E-state index in [2.05, 4.69) is 5.32 Å². The number of rotatable bonds is 7. The number of nitrogens with zero attached hydrogens (tertiary/aromatic N) is 1. The van der Waals surface area contributed by atoms with Gasteiger partial charge in [0, 0.05) is 5.56 Å². The monoisotopic (exact) mass is 376 g/mol. The molecule has 2 atom stereocenters. The summed E-state index contributed by atoms with van der Waals surface area (Å²) in [5.74, 6) is 0.272. The molecule has 2 rings (SSSR count). The normalized spacial score (nSPS) is 13.5. The lowest BCUT2D eigenvalue weighted by Gasteiger charge is -2.29. The highest BCUT2D eigenvalue weighted by Gasteiger charge is 2.30. The van der Waals surface area contributed by atoms with Gasteiger partial charge in [-0.3, -0.25) is 9.10 Å². The van der Waals surface area contributed by atoms with Crippen LogP contribution in [0.4, 0.5) is 5.69 Å². The van der Waals surface area contributed by atoms with Crippen molar-refractivity contribution < 1.29 is 17.9 Å². The Balaban J connectivity index is 2.24. The highest BCUT2D eigenvalue weighted by molar-refractivity contribution is 7.92. The number of carbonyl (C=O) groups excluding carboxylic acids is 1. The van der Waals surface area contributed by atoms with Crippen molar-refractivity contribution >= 4 is 21.6 Å². The molecule has 6 nitrogen and oxygen atoms in total. The van der Waals surface area contributed by atoms with Gasteiger partial charge in [-0.25, -0.2) is 8.42 Å². The van der Waals surface area contributed by atoms with Gasteiger partial charge in [-0.05, 0) is 32.0 Å². The lowest BCUT2D eigenvalue weighted by atomic mass is 10.1. The molecule has 26 heavy (non-hydrogen) atoms. The summed E-state index contributed by atoms with van der Waals surface area (Å²) in [5, 5.41) is 2.87. The van der Waals surface area contributed by atoms with Gasteiger partial charge in [0.1, 0.15) is 11.8 Å². The number of amides is 1. The molecule has 0 unspecified atom stereocenters. The number of ether oxygens (including phenoxy) is 1. The highest BCUT2D eigenvalue weighted by Crippen LogP contribution is 2.25. The third kappa shape index (κ3) is 4.54. The van der Waals surface area contributed by atoms with Crippen molar-refractivity contribution in [3.63, 3.8) is 0 Å². The van der Waals surface area contributed by atoms with E-state index in [1.807, 2.05) is 31.2 Å². The Morgan fingerprint density at radius 3 is 2.19 bits per heavy atom. The minimum Gasteiger partial charge on any atom is -0.496 e. The predicted molar refractivity (Wildman–Crippen MR) is 103 cm³/mol. The first-order valence-corrected chi connectivity index (χ1v) is 10.1. The second kappa shape index (κ2) is 8.23. The number of anilines is 1. The molecule has 0 fully saturated rings. The van der Waals surface area contributed by atoms with Crippen LogP contribution in [0.3, 0.4) is 0 Å². The first-order chi connectivity index (χ1) is 12.3. The zero-order valence-electron chi connectivity index (χ0n) is 15.3. The summed E-state index contributed by atoms with van der Waals surface area (Å²) < 4.78 is 31.0. The number of nitrogens with one attached hydrogen (secondary N) is 1. The van der Waals surface area contributed by atoms with Gasteiger partial charge >= 0.3 is 0 Å². The third-order valence-corrected chi connectivity index (χ3v) is 5.31. The lowest BCUT2D eigenvalue weighted by molar-refractivity contribution is -0.122. The lowest BCUT2D eigenvalue weighted by Crippen LogP contribution is -2.48. The van der Waals surface area contributed by atoms with Crippen LogP contribution in [-0.4, -0.2) is 33.7 Å². The molecule has 7 heteroatoms. The van der Waals surface area contributed by atoms with E-state index in [1.54, 1.807) is 44.4 Å². The van der Waals surface area contributed by atoms with Crippen molar-refractivity contribution in [1.82, 2.24) is 5.32 Å². The maximum atomic E-state index is 12.7. The number of hydrogen-bond acceptors (Lipinski definition) is 4. The molecule has 1 N–H and O–H groups in total. The minimum atomic E-state index is -3.63. The van der Waals surface area contributed by atoms with Crippen LogP contribution in [0.5, 0.6) is 5.75 Å². The fraction of sp³-hybridized carbons (Fsp3) is 0.316. The molecule has 0 saturated heterocycles. The molecule has 0 aromatic heterocycles. The van der Waals surface area contributed by atoms with Gasteiger partial charge in [-0.1, -0.05) is 36.4 Å². The van der Waals surface area contributed by atoms with Gasteiger partial charge in [0.25, 0.3) is 0 Å². The van der Waals surface area contributed by atoms with Crippen LogP contribution < -0.4 is 14.4 Å². The average Bonchev–Trinajstić information content (AvgIpc) is 2.61. The van der Waals surface area contributed by atoms with Crippen molar-refractivity contribution in [2.24, 2.45) is 0 Å². The van der Waals surface area contributed by atoms with E-state index in [0.29, 0.717) is 11.4 Å². The highest BCUT2D eigenvalue weighted by atomic mass is 32.2. The van der Waals surface area contributed by atoms with Crippen molar-refractivity contribution in [3.05, 3.63) is 60.2 Å². The largest absolute Gasteiger partial charge is 0.496 e. The van der Waals surface area contributed by atoms with E-state index in [1.165, 1.54) is 0 Å². The molecule has 0 radical (unpaired) electrons. The molecular weight excluding hydrogens is 352 g/mol. The van der Waals surface area contributed by atoms with Crippen LogP contribution in [0.2, 0.25) is 0 Å². The van der Waals surface area contributed by atoms with Gasteiger partial charge in [-0.2, -0.15) is 0 Å². The SMILES string of the molecule is COc1ccccc1[C@H](C)NC(=O)[C@H](C)N(c1ccccc1)S(C)(=O)=O. The van der Waals surface area contributed by atoms with E-state index in [9.17, 15) is 13.2 Å². The standard InChI is InChI=1S/C19H24N2O4S/c1-14(17-12-8-9-13-18(17)25-3)20-19(22)15(2)21(26(4,23)24)16-10-6-5-7-11-16/h5-15H,1-4H3,(H,20,22)/t14-,15-/m0/s1. The van der Waals surface area contributed by atoms with Gasteiger partial charge in [0.15, 0.2) is 0 Å². The van der Waals surface area contributed by atoms with Gasteiger partial charge in [0.05, 0.1) is 25.1 Å². The molecule has 1 amide bonds. The summed E-state index contributed by atoms with van der Waals surface area (Å²) in [6, 6.07) is 14.7. The van der Waals surface area contributed by atoms with E-state index in [4.69, 9.17) is 4.74 Å². The molecule has 0 aliphatic rings. The second-order valence-electron chi connectivity index (χ2n) is 6.04. The Kier molecular flexibility index (Phi) is 6.26. The summed E-state index contributed by atoms with van der Waals surface area (Å²) in [5.41, 5.74) is 1.27. The fourth-order valence-electron chi connectivity index (χ4n) is 2.82. The van der Waals surface area contributed by atoms with Crippen LogP contribution in [0, 0.1) is 0 Å². The quantitative estimate of drug-likeness (QED) is 0.806. The van der Waals surface area contributed by atoms with Gasteiger partial charge in [0.2, 0.25) is 15.9 Å². The molecule has 0 aliphatic carbocycles. The van der Waals surface area contributed by atoms with Gasteiger partial charge in [-0.15, -0.1) is 0 Å². The van der Waals surface area contributed by atoms with E-state index < -0.39 is 22.0 Å². The number of benzene rings is 2. The van der Waals surface area contributed by atoms with Crippen molar-refractivity contribution in [2.75, 3.05) is 17.7 Å². The second-order valence-corrected chi connectivity index (χ2v) is 7.90. The first kappa shape index (κ1) is 19.8. The maximum absolute atomic E-state index is 12.7. The summed E-state index contributed by atoms with van der Waals surface area (Å²) in [6.45, 7) is 3.40. The summed E-state index contributed by atoms with van der Waals surface area (Å²) in [7, 11) is -2.06. The fourth-order valence-corrected chi connectivity index (χ4v) is 3.99. The molecule has 140 valence electrons. The molecule has 0 spiro atoms. The Morgan fingerprint density at radius 2 is 1.62 bits per heavy atom. The zero-order chi connectivity index (χ0) is 19.3. The first-order valence-electron chi connectivity index (χ1n) is 8.23. The van der Waals surface area contributed by atoms with Crippen LogP contribution in [0.25, 0.3) is 0 Å². The summed E-state index contributed by atoms with van der Waals surface area (Å²) in [4.78, 5) is 12.7. The Hall–Kier alpha value is -2.54. The van der Waals surface area contributed by atoms with Crippen molar-refractivity contribution in [3.8, 4) is 5.75 Å². The molecule has 2 aromatic rings. The van der Waals surface area contributed by atoms with Crippen molar-refractivity contribution in [2.45, 2.75) is 25.9 Å². The molecule has 0 bridgehead atoms. The molecule has 2 aromatic carbocycles. The number of carbonyl (C=O) groups is 1. The van der Waals surface area contributed by atoms with E-state index in [0.717, 1.165) is 16.1 Å². The zero-order valence-corrected chi connectivity index (χ0v) is 16.2. The topological polar surface area (TPSA) is 75.7 Å². The smallest absolute Gasteiger partial charge is 0.244 e. The average molecular weight is 376 g/mol. The van der Waals surface area contributed by atoms with Gasteiger partial charge < -0.3 is 10.1 Å². The van der Waals surface area contributed by atoms with Crippen LogP contribution in [-0.2, 0) is 14.8 Å². The predicted octanol–water partition coefficient (Wildman–Crippen LogP) is 2.73. The molecule has 0 aliphatic heterocycles. The van der Waals surface area contributed by atoms with E-state index >= 15 is 0 Å². The number of para-hydroxylation sites is 2. The number of sulfonamides is 1. The number of hydrogen-bond donors (Lipinski definition) is 1. The minimum absolute atomic E-state index is 0.335. The molecular formula is C19H24N2O4S. The number of methoxy groups -OCH3 is 1. The summed E-state index contributed by atoms with van der Waals surface area (Å²) in [6.07, 6.45) is 1.09. The Bertz CT molecular complexity index is 853. The Morgan fingerprint density at radius 1 is 1.04 bits per heavy atom.